The zero-order valence-corrected chi connectivity index (χ0v) is 11.7. The Labute approximate surface area is 106 Å². The standard InChI is InChI=1S/C14H18BrN/c1-14(2,3)8-10-16-9-7-11-12(15)5-4-6-13(11)16/h4-7,9H,8,10H2,1-3H3. The summed E-state index contributed by atoms with van der Waals surface area (Å²) in [6.45, 7) is 7.95. The molecule has 16 heavy (non-hydrogen) atoms. The number of aryl methyl sites for hydroxylation is 1. The van der Waals surface area contributed by atoms with E-state index in [2.05, 4.69) is 71.7 Å². The van der Waals surface area contributed by atoms with E-state index >= 15 is 0 Å². The average molecular weight is 280 g/mol. The van der Waals surface area contributed by atoms with Gasteiger partial charge in [-0.15, -0.1) is 0 Å². The average Bonchev–Trinajstić information content (AvgIpc) is 2.58. The summed E-state index contributed by atoms with van der Waals surface area (Å²) in [4.78, 5) is 0. The molecule has 1 aromatic heterocycles. The van der Waals surface area contributed by atoms with Crippen LogP contribution in [-0.4, -0.2) is 4.57 Å². The second-order valence-electron chi connectivity index (χ2n) is 5.49. The molecule has 2 aromatic rings. The van der Waals surface area contributed by atoms with E-state index < -0.39 is 0 Å². The van der Waals surface area contributed by atoms with Crippen molar-refractivity contribution in [3.05, 3.63) is 34.9 Å². The third-order valence-corrected chi connectivity index (χ3v) is 3.55. The molecule has 2 heteroatoms. The van der Waals surface area contributed by atoms with Gasteiger partial charge in [0.05, 0.1) is 0 Å². The van der Waals surface area contributed by atoms with Crippen molar-refractivity contribution >= 4 is 26.8 Å². The zero-order valence-electron chi connectivity index (χ0n) is 10.1. The first-order chi connectivity index (χ1) is 7.47. The molecule has 0 spiro atoms. The number of hydrogen-bond donors (Lipinski definition) is 0. The summed E-state index contributed by atoms with van der Waals surface area (Å²) < 4.78 is 3.52. The van der Waals surface area contributed by atoms with Crippen LogP contribution in [0.1, 0.15) is 27.2 Å². The molecule has 1 nitrogen and oxygen atoms in total. The molecule has 1 aromatic carbocycles. The van der Waals surface area contributed by atoms with E-state index in [0.29, 0.717) is 5.41 Å². The third-order valence-electron chi connectivity index (χ3n) is 2.86. The first kappa shape index (κ1) is 11.7. The van der Waals surface area contributed by atoms with Crippen LogP contribution in [0.4, 0.5) is 0 Å². The Hall–Kier alpha value is -0.760. The topological polar surface area (TPSA) is 4.93 Å². The van der Waals surface area contributed by atoms with E-state index in [0.717, 1.165) is 6.54 Å². The molecule has 0 aliphatic rings. The Balaban J connectivity index is 2.29. The van der Waals surface area contributed by atoms with Crippen molar-refractivity contribution in [3.8, 4) is 0 Å². The Morgan fingerprint density at radius 1 is 1.19 bits per heavy atom. The lowest BCUT2D eigenvalue weighted by Gasteiger charge is -2.18. The fraction of sp³-hybridized carbons (Fsp3) is 0.429. The van der Waals surface area contributed by atoms with Crippen LogP contribution in [0.3, 0.4) is 0 Å². The van der Waals surface area contributed by atoms with E-state index in [1.165, 1.54) is 21.8 Å². The van der Waals surface area contributed by atoms with Crippen LogP contribution in [0.2, 0.25) is 0 Å². The van der Waals surface area contributed by atoms with Gasteiger partial charge in [-0.3, -0.25) is 0 Å². The highest BCUT2D eigenvalue weighted by molar-refractivity contribution is 9.10. The molecule has 86 valence electrons. The van der Waals surface area contributed by atoms with Crippen molar-refractivity contribution in [1.29, 1.82) is 0 Å². The molecule has 0 aliphatic carbocycles. The second kappa shape index (κ2) is 4.25. The first-order valence-corrected chi connectivity index (χ1v) is 6.50. The summed E-state index contributed by atoms with van der Waals surface area (Å²) in [6, 6.07) is 8.56. The maximum absolute atomic E-state index is 3.59. The number of halogens is 1. The highest BCUT2D eigenvalue weighted by atomic mass is 79.9. The highest BCUT2D eigenvalue weighted by Crippen LogP contribution is 2.26. The smallest absolute Gasteiger partial charge is 0.0491 e. The van der Waals surface area contributed by atoms with Crippen LogP contribution in [0.15, 0.2) is 34.9 Å². The minimum absolute atomic E-state index is 0.391. The van der Waals surface area contributed by atoms with Gasteiger partial charge in [-0.1, -0.05) is 42.8 Å². The number of benzene rings is 1. The van der Waals surface area contributed by atoms with E-state index in [1.807, 2.05) is 0 Å². The SMILES string of the molecule is CC(C)(C)CCn1ccc2c(Br)cccc21. The van der Waals surface area contributed by atoms with Gasteiger partial charge < -0.3 is 4.57 Å². The van der Waals surface area contributed by atoms with Gasteiger partial charge in [0.1, 0.15) is 0 Å². The first-order valence-electron chi connectivity index (χ1n) is 5.71. The van der Waals surface area contributed by atoms with Crippen molar-refractivity contribution < 1.29 is 0 Å². The van der Waals surface area contributed by atoms with Crippen molar-refractivity contribution in [1.82, 2.24) is 4.57 Å². The zero-order chi connectivity index (χ0) is 11.8. The fourth-order valence-corrected chi connectivity index (χ4v) is 2.32. The summed E-state index contributed by atoms with van der Waals surface area (Å²) >= 11 is 3.59. The van der Waals surface area contributed by atoms with Crippen molar-refractivity contribution in [3.63, 3.8) is 0 Å². The maximum atomic E-state index is 3.59. The van der Waals surface area contributed by atoms with Gasteiger partial charge in [-0.25, -0.2) is 0 Å². The van der Waals surface area contributed by atoms with Crippen LogP contribution < -0.4 is 0 Å². The molecular weight excluding hydrogens is 262 g/mol. The van der Waals surface area contributed by atoms with E-state index in [9.17, 15) is 0 Å². The molecule has 0 radical (unpaired) electrons. The molecule has 0 saturated carbocycles. The van der Waals surface area contributed by atoms with Gasteiger partial charge in [0.15, 0.2) is 0 Å². The van der Waals surface area contributed by atoms with Crippen molar-refractivity contribution in [2.24, 2.45) is 5.41 Å². The molecule has 2 rings (SSSR count). The van der Waals surface area contributed by atoms with E-state index in [1.54, 1.807) is 0 Å². The van der Waals surface area contributed by atoms with Crippen LogP contribution in [-0.2, 0) is 6.54 Å². The normalized spacial score (nSPS) is 12.2. The minimum atomic E-state index is 0.391. The predicted octanol–water partition coefficient (Wildman–Crippen LogP) is 4.84. The number of hydrogen-bond acceptors (Lipinski definition) is 0. The fourth-order valence-electron chi connectivity index (χ4n) is 1.84. The second-order valence-corrected chi connectivity index (χ2v) is 6.35. The number of aromatic nitrogens is 1. The van der Waals surface area contributed by atoms with Crippen molar-refractivity contribution in [2.45, 2.75) is 33.7 Å². The predicted molar refractivity (Wildman–Crippen MR) is 73.7 cm³/mol. The lowest BCUT2D eigenvalue weighted by Crippen LogP contribution is -2.09. The number of nitrogens with zero attached hydrogens (tertiary/aromatic N) is 1. The molecular formula is C14H18BrN. The maximum Gasteiger partial charge on any atom is 0.0491 e. The van der Waals surface area contributed by atoms with Crippen LogP contribution in [0.5, 0.6) is 0 Å². The molecule has 0 unspecified atom stereocenters. The monoisotopic (exact) mass is 279 g/mol. The van der Waals surface area contributed by atoms with Gasteiger partial charge in [0.25, 0.3) is 0 Å². The van der Waals surface area contributed by atoms with Crippen LogP contribution in [0.25, 0.3) is 10.9 Å². The Morgan fingerprint density at radius 3 is 2.62 bits per heavy atom. The number of fused-ring (bicyclic) bond motifs is 1. The molecule has 0 atom stereocenters. The number of rotatable bonds is 2. The molecule has 0 saturated heterocycles. The summed E-state index contributed by atoms with van der Waals surface area (Å²) in [5, 5.41) is 1.30. The Kier molecular flexibility index (Phi) is 3.11. The summed E-state index contributed by atoms with van der Waals surface area (Å²) in [5.41, 5.74) is 1.71. The largest absolute Gasteiger partial charge is 0.347 e. The van der Waals surface area contributed by atoms with Gasteiger partial charge in [0, 0.05) is 28.1 Å². The molecule has 0 fully saturated rings. The Bertz CT molecular complexity index is 491. The third kappa shape index (κ3) is 2.49. The molecule has 0 aliphatic heterocycles. The van der Waals surface area contributed by atoms with Crippen molar-refractivity contribution in [2.75, 3.05) is 0 Å². The van der Waals surface area contributed by atoms with Gasteiger partial charge >= 0.3 is 0 Å². The summed E-state index contributed by atoms with van der Waals surface area (Å²) in [7, 11) is 0. The summed E-state index contributed by atoms with van der Waals surface area (Å²) in [5.74, 6) is 0. The lowest BCUT2D eigenvalue weighted by molar-refractivity contribution is 0.353. The summed E-state index contributed by atoms with van der Waals surface area (Å²) in [6.07, 6.45) is 3.38. The van der Waals surface area contributed by atoms with Gasteiger partial charge in [-0.05, 0) is 30.0 Å². The van der Waals surface area contributed by atoms with Gasteiger partial charge in [0.2, 0.25) is 0 Å². The Morgan fingerprint density at radius 2 is 1.94 bits per heavy atom. The minimum Gasteiger partial charge on any atom is -0.347 e. The van der Waals surface area contributed by atoms with Crippen LogP contribution in [0, 0.1) is 5.41 Å². The van der Waals surface area contributed by atoms with Crippen LogP contribution >= 0.6 is 15.9 Å². The molecule has 0 amide bonds. The molecule has 0 N–H and O–H groups in total. The highest BCUT2D eigenvalue weighted by Gasteiger charge is 2.11. The van der Waals surface area contributed by atoms with Gasteiger partial charge in [-0.2, -0.15) is 0 Å². The van der Waals surface area contributed by atoms with E-state index in [4.69, 9.17) is 0 Å². The molecule has 1 heterocycles. The molecule has 0 bridgehead atoms. The quantitative estimate of drug-likeness (QED) is 0.741. The lowest BCUT2D eigenvalue weighted by atomic mass is 9.92. The van der Waals surface area contributed by atoms with E-state index in [-0.39, 0.29) is 0 Å².